The van der Waals surface area contributed by atoms with Crippen molar-refractivity contribution >= 4 is 5.91 Å². The number of aromatic nitrogens is 1. The molecule has 108 valence electrons. The molecule has 19 heavy (non-hydrogen) atoms. The number of aryl methyl sites for hydroxylation is 2. The van der Waals surface area contributed by atoms with Gasteiger partial charge in [-0.3, -0.25) is 4.79 Å². The summed E-state index contributed by atoms with van der Waals surface area (Å²) in [5, 5.41) is 16.3. The zero-order chi connectivity index (χ0) is 14.5. The molecule has 5 heteroatoms. The Balaban J connectivity index is 2.77. The van der Waals surface area contributed by atoms with Crippen LogP contribution < -0.4 is 5.32 Å². The van der Waals surface area contributed by atoms with E-state index in [-0.39, 0.29) is 17.9 Å². The van der Waals surface area contributed by atoms with Gasteiger partial charge in [0.05, 0.1) is 12.3 Å². The highest BCUT2D eigenvalue weighted by Gasteiger charge is 2.27. The maximum absolute atomic E-state index is 12.2. The fraction of sp³-hybridized carbons (Fsp3) is 0.714. The molecule has 5 nitrogen and oxygen atoms in total. The molecule has 0 spiro atoms. The maximum atomic E-state index is 12.2. The van der Waals surface area contributed by atoms with Crippen LogP contribution >= 0.6 is 0 Å². The van der Waals surface area contributed by atoms with Crippen molar-refractivity contribution in [2.45, 2.75) is 47.0 Å². The lowest BCUT2D eigenvalue weighted by Crippen LogP contribution is -2.39. The first kappa shape index (κ1) is 15.7. The van der Waals surface area contributed by atoms with Crippen molar-refractivity contribution in [2.75, 3.05) is 13.2 Å². The number of carbonyl (C=O) groups is 1. The molecule has 0 radical (unpaired) electrons. The van der Waals surface area contributed by atoms with Crippen molar-refractivity contribution < 1.29 is 14.4 Å². The lowest BCUT2D eigenvalue weighted by atomic mass is 9.83. The minimum absolute atomic E-state index is 0.0730. The van der Waals surface area contributed by atoms with Crippen molar-refractivity contribution in [3.63, 3.8) is 0 Å². The summed E-state index contributed by atoms with van der Waals surface area (Å²) in [7, 11) is 0. The van der Waals surface area contributed by atoms with Gasteiger partial charge in [0.25, 0.3) is 5.91 Å². The normalized spacial score (nSPS) is 11.6. The predicted octanol–water partition coefficient (Wildman–Crippen LogP) is 2.07. The molecular formula is C14H24N2O3. The molecule has 2 N–H and O–H groups in total. The molecule has 1 amide bonds. The van der Waals surface area contributed by atoms with E-state index in [1.54, 1.807) is 6.92 Å². The van der Waals surface area contributed by atoms with Crippen LogP contribution in [-0.4, -0.2) is 29.3 Å². The number of amides is 1. The monoisotopic (exact) mass is 268 g/mol. The molecule has 1 aromatic heterocycles. The van der Waals surface area contributed by atoms with Crippen LogP contribution in [0.25, 0.3) is 0 Å². The summed E-state index contributed by atoms with van der Waals surface area (Å²) in [5.41, 5.74) is 0.965. The SMILES string of the molecule is CCc1noc(C)c1C(=O)NCC(CC)(CC)CO. The summed E-state index contributed by atoms with van der Waals surface area (Å²) >= 11 is 0. The molecule has 0 saturated carbocycles. The van der Waals surface area contributed by atoms with Crippen LogP contribution in [-0.2, 0) is 6.42 Å². The first-order chi connectivity index (χ1) is 9.03. The number of hydrogen-bond donors (Lipinski definition) is 2. The van der Waals surface area contributed by atoms with Crippen molar-refractivity contribution in [1.29, 1.82) is 0 Å². The van der Waals surface area contributed by atoms with Gasteiger partial charge in [0, 0.05) is 12.0 Å². The van der Waals surface area contributed by atoms with Gasteiger partial charge in [0.1, 0.15) is 11.3 Å². The molecule has 0 aliphatic carbocycles. The van der Waals surface area contributed by atoms with Crippen LogP contribution in [0, 0.1) is 12.3 Å². The van der Waals surface area contributed by atoms with Crippen LogP contribution in [0.5, 0.6) is 0 Å². The standard InChI is InChI=1S/C14H24N2O3/c1-5-11-12(10(4)19-16-11)13(18)15-8-14(6-2,7-3)9-17/h17H,5-9H2,1-4H3,(H,15,18). The van der Waals surface area contributed by atoms with Gasteiger partial charge in [-0.2, -0.15) is 0 Å². The third-order valence-corrected chi connectivity index (χ3v) is 3.95. The van der Waals surface area contributed by atoms with E-state index in [4.69, 9.17) is 4.52 Å². The first-order valence-electron chi connectivity index (χ1n) is 6.87. The molecular weight excluding hydrogens is 244 g/mol. The summed E-state index contributed by atoms with van der Waals surface area (Å²) in [6, 6.07) is 0. The number of rotatable bonds is 7. The molecule has 0 unspecified atom stereocenters. The Morgan fingerprint density at radius 2 is 2.00 bits per heavy atom. The number of hydrogen-bond acceptors (Lipinski definition) is 4. The fourth-order valence-electron chi connectivity index (χ4n) is 2.09. The second-order valence-corrected chi connectivity index (χ2v) is 4.96. The van der Waals surface area contributed by atoms with E-state index in [1.165, 1.54) is 0 Å². The number of carbonyl (C=O) groups excluding carboxylic acids is 1. The summed E-state index contributed by atoms with van der Waals surface area (Å²) < 4.78 is 5.06. The van der Waals surface area contributed by atoms with Crippen LogP contribution in [0.1, 0.15) is 55.4 Å². The highest BCUT2D eigenvalue weighted by atomic mass is 16.5. The van der Waals surface area contributed by atoms with Crippen molar-refractivity contribution in [3.8, 4) is 0 Å². The molecule has 0 saturated heterocycles. The molecule has 1 aromatic rings. The van der Waals surface area contributed by atoms with Gasteiger partial charge < -0.3 is 14.9 Å². The smallest absolute Gasteiger partial charge is 0.256 e. The van der Waals surface area contributed by atoms with Crippen molar-refractivity contribution in [1.82, 2.24) is 10.5 Å². The largest absolute Gasteiger partial charge is 0.396 e. The molecule has 0 fully saturated rings. The van der Waals surface area contributed by atoms with Gasteiger partial charge in [-0.25, -0.2) is 0 Å². The summed E-state index contributed by atoms with van der Waals surface area (Å²) in [5.74, 6) is 0.368. The number of nitrogens with one attached hydrogen (secondary N) is 1. The third-order valence-electron chi connectivity index (χ3n) is 3.95. The first-order valence-corrected chi connectivity index (χ1v) is 6.87. The van der Waals surface area contributed by atoms with Gasteiger partial charge in [-0.05, 0) is 26.2 Å². The second kappa shape index (κ2) is 6.70. The Morgan fingerprint density at radius 3 is 2.47 bits per heavy atom. The van der Waals surface area contributed by atoms with E-state index < -0.39 is 0 Å². The van der Waals surface area contributed by atoms with Crippen molar-refractivity contribution in [3.05, 3.63) is 17.0 Å². The second-order valence-electron chi connectivity index (χ2n) is 4.96. The summed E-state index contributed by atoms with van der Waals surface area (Å²) in [6.07, 6.45) is 2.31. The molecule has 0 aliphatic rings. The van der Waals surface area contributed by atoms with E-state index in [2.05, 4.69) is 10.5 Å². The van der Waals surface area contributed by atoms with E-state index in [1.807, 2.05) is 20.8 Å². The lowest BCUT2D eigenvalue weighted by molar-refractivity contribution is 0.0849. The topological polar surface area (TPSA) is 75.4 Å². The highest BCUT2D eigenvalue weighted by Crippen LogP contribution is 2.24. The van der Waals surface area contributed by atoms with Gasteiger partial charge >= 0.3 is 0 Å². The minimum Gasteiger partial charge on any atom is -0.396 e. The Morgan fingerprint density at radius 1 is 1.37 bits per heavy atom. The van der Waals surface area contributed by atoms with Crippen LogP contribution in [0.3, 0.4) is 0 Å². The van der Waals surface area contributed by atoms with Gasteiger partial charge in [-0.1, -0.05) is 25.9 Å². The molecule has 0 aliphatic heterocycles. The van der Waals surface area contributed by atoms with Crippen LogP contribution in [0.4, 0.5) is 0 Å². The Kier molecular flexibility index (Phi) is 5.54. The van der Waals surface area contributed by atoms with E-state index in [0.29, 0.717) is 30.0 Å². The minimum atomic E-state index is -0.243. The zero-order valence-electron chi connectivity index (χ0n) is 12.2. The average molecular weight is 268 g/mol. The van der Waals surface area contributed by atoms with E-state index in [9.17, 15) is 9.90 Å². The number of nitrogens with zero attached hydrogens (tertiary/aromatic N) is 1. The van der Waals surface area contributed by atoms with Crippen molar-refractivity contribution in [2.24, 2.45) is 5.41 Å². The summed E-state index contributed by atoms with van der Waals surface area (Å²) in [4.78, 5) is 12.2. The van der Waals surface area contributed by atoms with Crippen LogP contribution in [0.15, 0.2) is 4.52 Å². The molecule has 0 atom stereocenters. The van der Waals surface area contributed by atoms with Gasteiger partial charge in [-0.15, -0.1) is 0 Å². The molecule has 0 bridgehead atoms. The highest BCUT2D eigenvalue weighted by molar-refractivity contribution is 5.96. The molecule has 1 heterocycles. The fourth-order valence-corrected chi connectivity index (χ4v) is 2.09. The predicted molar refractivity (Wildman–Crippen MR) is 73.1 cm³/mol. The third kappa shape index (κ3) is 3.35. The Bertz CT molecular complexity index is 414. The Hall–Kier alpha value is -1.36. The van der Waals surface area contributed by atoms with Gasteiger partial charge in [0.2, 0.25) is 0 Å². The quantitative estimate of drug-likeness (QED) is 0.794. The Labute approximate surface area is 114 Å². The lowest BCUT2D eigenvalue weighted by Gasteiger charge is -2.29. The average Bonchev–Trinajstić information content (AvgIpc) is 2.82. The van der Waals surface area contributed by atoms with E-state index in [0.717, 1.165) is 12.8 Å². The summed E-state index contributed by atoms with van der Waals surface area (Å²) in [6.45, 7) is 8.25. The van der Waals surface area contributed by atoms with E-state index >= 15 is 0 Å². The molecule has 0 aromatic carbocycles. The maximum Gasteiger partial charge on any atom is 0.256 e. The van der Waals surface area contributed by atoms with Crippen LogP contribution in [0.2, 0.25) is 0 Å². The molecule has 1 rings (SSSR count). The number of aliphatic hydroxyl groups is 1. The zero-order valence-corrected chi connectivity index (χ0v) is 12.2. The van der Waals surface area contributed by atoms with Gasteiger partial charge in [0.15, 0.2) is 0 Å². The number of aliphatic hydroxyl groups excluding tert-OH is 1.